The molecule has 1 aromatic heterocycles. The third-order valence-electron chi connectivity index (χ3n) is 4.57. The van der Waals surface area contributed by atoms with Gasteiger partial charge in [0.05, 0.1) is 40.3 Å². The number of H-pyrrole nitrogens is 1. The van der Waals surface area contributed by atoms with Gasteiger partial charge in [0, 0.05) is 11.1 Å². The molecule has 0 aliphatic heterocycles. The third kappa shape index (κ3) is 3.30. The van der Waals surface area contributed by atoms with Crippen LogP contribution >= 0.6 is 0 Å². The minimum atomic E-state index is 0.556. The minimum absolute atomic E-state index is 0.556. The van der Waals surface area contributed by atoms with Crippen LogP contribution in [0.4, 0.5) is 0 Å². The maximum Gasteiger partial charge on any atom is 0.203 e. The molecule has 0 aliphatic carbocycles. The number of aromatic nitrogens is 2. The normalized spacial score (nSPS) is 10.6. The van der Waals surface area contributed by atoms with Gasteiger partial charge in [-0.1, -0.05) is 0 Å². The second kappa shape index (κ2) is 7.61. The highest BCUT2D eigenvalue weighted by atomic mass is 16.5. The lowest BCUT2D eigenvalue weighted by atomic mass is 9.97. The van der Waals surface area contributed by atoms with Crippen LogP contribution in [-0.4, -0.2) is 38.6 Å². The van der Waals surface area contributed by atoms with Gasteiger partial charge < -0.3 is 18.9 Å². The van der Waals surface area contributed by atoms with E-state index in [-0.39, 0.29) is 0 Å². The van der Waals surface area contributed by atoms with Gasteiger partial charge in [0.2, 0.25) is 5.75 Å². The Labute approximate surface area is 159 Å². The minimum Gasteiger partial charge on any atom is -0.496 e. The summed E-state index contributed by atoms with van der Waals surface area (Å²) in [6.45, 7) is 4.07. The van der Waals surface area contributed by atoms with Crippen molar-refractivity contribution in [2.75, 3.05) is 28.4 Å². The van der Waals surface area contributed by atoms with Crippen molar-refractivity contribution in [2.24, 2.45) is 0 Å². The zero-order chi connectivity index (χ0) is 19.6. The molecule has 0 bridgehead atoms. The van der Waals surface area contributed by atoms with Gasteiger partial charge >= 0.3 is 0 Å². The third-order valence-corrected chi connectivity index (χ3v) is 4.57. The van der Waals surface area contributed by atoms with E-state index in [2.05, 4.69) is 22.3 Å². The Balaban J connectivity index is 2.16. The van der Waals surface area contributed by atoms with Crippen LogP contribution in [0.25, 0.3) is 22.4 Å². The smallest absolute Gasteiger partial charge is 0.203 e. The van der Waals surface area contributed by atoms with Crippen LogP contribution in [0.2, 0.25) is 0 Å². The van der Waals surface area contributed by atoms with Gasteiger partial charge in [0.25, 0.3) is 0 Å². The first kappa shape index (κ1) is 18.6. The average Bonchev–Trinajstić information content (AvgIpc) is 3.16. The molecule has 6 nitrogen and oxygen atoms in total. The summed E-state index contributed by atoms with van der Waals surface area (Å²) in [6.07, 6.45) is 1.82. The van der Waals surface area contributed by atoms with Gasteiger partial charge in [-0.2, -0.15) is 5.10 Å². The molecule has 0 radical (unpaired) electrons. The van der Waals surface area contributed by atoms with Crippen molar-refractivity contribution in [1.82, 2.24) is 10.2 Å². The molecule has 0 aliphatic rings. The molecular formula is C21H24N2O4. The molecule has 142 valence electrons. The largest absolute Gasteiger partial charge is 0.496 e. The average molecular weight is 368 g/mol. The number of hydrogen-bond acceptors (Lipinski definition) is 5. The van der Waals surface area contributed by atoms with Crippen LogP contribution in [-0.2, 0) is 0 Å². The standard InChI is InChI=1S/C21H24N2O4/c1-12-7-14(8-13(2)20(12)26-5)16-11-22-23-19(16)15-9-17(24-3)21(27-6)18(10-15)25-4/h7-11H,1-6H3,(H,22,23). The molecule has 27 heavy (non-hydrogen) atoms. The van der Waals surface area contributed by atoms with Crippen LogP contribution in [0.3, 0.4) is 0 Å². The Hall–Kier alpha value is -3.15. The zero-order valence-corrected chi connectivity index (χ0v) is 16.5. The zero-order valence-electron chi connectivity index (χ0n) is 16.5. The number of aryl methyl sites for hydroxylation is 2. The molecule has 2 aromatic carbocycles. The van der Waals surface area contributed by atoms with Crippen LogP contribution in [0.1, 0.15) is 11.1 Å². The van der Waals surface area contributed by atoms with Crippen LogP contribution in [0.5, 0.6) is 23.0 Å². The molecule has 1 N–H and O–H groups in total. The second-order valence-electron chi connectivity index (χ2n) is 6.22. The highest BCUT2D eigenvalue weighted by Crippen LogP contribution is 2.43. The summed E-state index contributed by atoms with van der Waals surface area (Å²) in [5.74, 6) is 2.64. The van der Waals surface area contributed by atoms with E-state index in [0.717, 1.165) is 39.3 Å². The summed E-state index contributed by atoms with van der Waals surface area (Å²) >= 11 is 0. The highest BCUT2D eigenvalue weighted by Gasteiger charge is 2.18. The Bertz CT molecular complexity index is 915. The Morgan fingerprint density at radius 2 is 1.26 bits per heavy atom. The quantitative estimate of drug-likeness (QED) is 0.699. The van der Waals surface area contributed by atoms with Gasteiger partial charge in [0.1, 0.15) is 5.75 Å². The molecule has 3 aromatic rings. The van der Waals surface area contributed by atoms with Crippen LogP contribution in [0, 0.1) is 13.8 Å². The van der Waals surface area contributed by atoms with Gasteiger partial charge in [-0.3, -0.25) is 5.10 Å². The Morgan fingerprint density at radius 1 is 0.704 bits per heavy atom. The first-order valence-electron chi connectivity index (χ1n) is 8.53. The maximum absolute atomic E-state index is 5.48. The van der Waals surface area contributed by atoms with E-state index in [1.165, 1.54) is 0 Å². The topological polar surface area (TPSA) is 65.6 Å². The van der Waals surface area contributed by atoms with Crippen LogP contribution < -0.4 is 18.9 Å². The molecule has 0 unspecified atom stereocenters. The Morgan fingerprint density at radius 3 is 1.74 bits per heavy atom. The van der Waals surface area contributed by atoms with Gasteiger partial charge in [0.15, 0.2) is 11.5 Å². The second-order valence-corrected chi connectivity index (χ2v) is 6.22. The van der Waals surface area contributed by atoms with E-state index < -0.39 is 0 Å². The number of nitrogens with zero attached hydrogens (tertiary/aromatic N) is 1. The SMILES string of the molecule is COc1cc(-c2[nH]ncc2-c2cc(C)c(OC)c(C)c2)cc(OC)c1OC. The fourth-order valence-electron chi connectivity index (χ4n) is 3.38. The van der Waals surface area contributed by atoms with Crippen molar-refractivity contribution in [3.05, 3.63) is 41.6 Å². The van der Waals surface area contributed by atoms with Gasteiger partial charge in [-0.15, -0.1) is 0 Å². The first-order valence-corrected chi connectivity index (χ1v) is 8.53. The summed E-state index contributed by atoms with van der Waals surface area (Å²) < 4.78 is 21.8. The molecule has 1 heterocycles. The predicted octanol–water partition coefficient (Wildman–Crippen LogP) is 4.39. The molecule has 3 rings (SSSR count). The van der Waals surface area contributed by atoms with Crippen molar-refractivity contribution in [1.29, 1.82) is 0 Å². The lowest BCUT2D eigenvalue weighted by Crippen LogP contribution is -1.96. The van der Waals surface area contributed by atoms with E-state index in [1.807, 2.05) is 32.2 Å². The van der Waals surface area contributed by atoms with Crippen molar-refractivity contribution in [3.8, 4) is 45.4 Å². The molecule has 0 saturated carbocycles. The first-order chi connectivity index (χ1) is 13.0. The number of benzene rings is 2. The summed E-state index contributed by atoms with van der Waals surface area (Å²) in [5.41, 5.74) is 5.96. The monoisotopic (exact) mass is 368 g/mol. The van der Waals surface area contributed by atoms with E-state index in [4.69, 9.17) is 18.9 Å². The van der Waals surface area contributed by atoms with E-state index in [9.17, 15) is 0 Å². The molecule has 0 atom stereocenters. The van der Waals surface area contributed by atoms with Crippen molar-refractivity contribution in [3.63, 3.8) is 0 Å². The summed E-state index contributed by atoms with van der Waals surface area (Å²) in [7, 11) is 6.48. The lowest BCUT2D eigenvalue weighted by molar-refractivity contribution is 0.324. The number of ether oxygens (including phenoxy) is 4. The maximum atomic E-state index is 5.48. The van der Waals surface area contributed by atoms with E-state index >= 15 is 0 Å². The fraction of sp³-hybridized carbons (Fsp3) is 0.286. The van der Waals surface area contributed by atoms with Crippen molar-refractivity contribution < 1.29 is 18.9 Å². The number of nitrogens with one attached hydrogen (secondary N) is 1. The number of hydrogen-bond donors (Lipinski definition) is 1. The summed E-state index contributed by atoms with van der Waals surface area (Å²) in [5, 5.41) is 7.36. The summed E-state index contributed by atoms with van der Waals surface area (Å²) in [6, 6.07) is 8.00. The van der Waals surface area contributed by atoms with Crippen molar-refractivity contribution in [2.45, 2.75) is 13.8 Å². The number of methoxy groups -OCH3 is 4. The molecular weight excluding hydrogens is 344 g/mol. The van der Waals surface area contributed by atoms with Crippen molar-refractivity contribution >= 4 is 0 Å². The molecule has 0 saturated heterocycles. The van der Waals surface area contributed by atoms with Gasteiger partial charge in [-0.05, 0) is 54.8 Å². The predicted molar refractivity (Wildman–Crippen MR) is 105 cm³/mol. The van der Waals surface area contributed by atoms with E-state index in [0.29, 0.717) is 17.2 Å². The lowest BCUT2D eigenvalue weighted by Gasteiger charge is -2.15. The Kier molecular flexibility index (Phi) is 5.26. The number of rotatable bonds is 6. The van der Waals surface area contributed by atoms with E-state index in [1.54, 1.807) is 28.4 Å². The van der Waals surface area contributed by atoms with Crippen LogP contribution in [0.15, 0.2) is 30.5 Å². The molecule has 0 amide bonds. The molecule has 0 spiro atoms. The molecule has 0 fully saturated rings. The fourth-order valence-corrected chi connectivity index (χ4v) is 3.38. The molecule has 6 heteroatoms. The number of aromatic amines is 1. The summed E-state index contributed by atoms with van der Waals surface area (Å²) in [4.78, 5) is 0. The van der Waals surface area contributed by atoms with Gasteiger partial charge in [-0.25, -0.2) is 0 Å². The highest BCUT2D eigenvalue weighted by molar-refractivity contribution is 5.83.